The molecule has 0 fully saturated rings. The normalized spacial score (nSPS) is 13.8. The van der Waals surface area contributed by atoms with Crippen LogP contribution >= 0.6 is 11.6 Å². The molecule has 3 rings (SSSR count). The third-order valence-electron chi connectivity index (χ3n) is 4.67. The fourth-order valence-electron chi connectivity index (χ4n) is 3.14. The molecule has 0 saturated heterocycles. The molecule has 2 aromatic carbocycles. The monoisotopic (exact) mass is 517 g/mol. The fraction of sp³-hybridized carbons (Fsp3) is 0.200. The molecule has 0 aliphatic carbocycles. The topological polar surface area (TPSA) is 128 Å². The number of benzene rings is 2. The summed E-state index contributed by atoms with van der Waals surface area (Å²) in [5.74, 6) is 0.116. The van der Waals surface area contributed by atoms with E-state index in [9.17, 15) is 25.3 Å². The van der Waals surface area contributed by atoms with Crippen molar-refractivity contribution in [2.45, 2.75) is 39.5 Å². The summed E-state index contributed by atoms with van der Waals surface area (Å²) in [4.78, 5) is -1.22. The second kappa shape index (κ2) is 8.64. The Morgan fingerprint density at radius 1 is 0.844 bits per heavy atom. The van der Waals surface area contributed by atoms with E-state index in [0.717, 1.165) is 18.4 Å². The van der Waals surface area contributed by atoms with Crippen molar-refractivity contribution in [2.75, 3.05) is 6.26 Å². The van der Waals surface area contributed by atoms with E-state index >= 15 is 0 Å². The number of hydrogen-bond donors (Lipinski definition) is 1. The Balaban J connectivity index is 2.10. The van der Waals surface area contributed by atoms with Gasteiger partial charge in [-0.05, 0) is 55.8 Å². The van der Waals surface area contributed by atoms with Crippen LogP contribution in [0.15, 0.2) is 78.8 Å². The SMILES string of the molecule is Cc1occc1S(=O)(=O)c1cc(Cl)ccc1S(=O)(=O)c1ccc([C@H](C)NS(C)(=O)=O)cc1. The van der Waals surface area contributed by atoms with Gasteiger partial charge in [0.2, 0.25) is 29.7 Å². The van der Waals surface area contributed by atoms with E-state index in [1.807, 2.05) is 0 Å². The van der Waals surface area contributed by atoms with Gasteiger partial charge in [0.1, 0.15) is 10.7 Å². The van der Waals surface area contributed by atoms with Crippen molar-refractivity contribution in [3.8, 4) is 0 Å². The molecule has 1 N–H and O–H groups in total. The molecule has 172 valence electrons. The first-order chi connectivity index (χ1) is 14.7. The Morgan fingerprint density at radius 3 is 2.00 bits per heavy atom. The maximum Gasteiger partial charge on any atom is 0.211 e. The van der Waals surface area contributed by atoms with E-state index in [2.05, 4.69) is 4.72 Å². The van der Waals surface area contributed by atoms with Crippen LogP contribution < -0.4 is 4.72 Å². The lowest BCUT2D eigenvalue weighted by atomic mass is 10.1. The van der Waals surface area contributed by atoms with Gasteiger partial charge < -0.3 is 4.42 Å². The van der Waals surface area contributed by atoms with Crippen LogP contribution in [0.25, 0.3) is 0 Å². The molecular weight excluding hydrogens is 498 g/mol. The van der Waals surface area contributed by atoms with Gasteiger partial charge in [0, 0.05) is 11.1 Å². The smallest absolute Gasteiger partial charge is 0.211 e. The van der Waals surface area contributed by atoms with Crippen LogP contribution in [0.2, 0.25) is 5.02 Å². The molecule has 32 heavy (non-hydrogen) atoms. The standard InChI is InChI=1S/C20H20ClNO7S3/c1-13(22-30(3,23)24)15-4-7-17(8-5-15)31(25,26)19-9-6-16(21)12-20(19)32(27,28)18-10-11-29-14(18)2/h4-13,22H,1-3H3/t13-/m0/s1. The summed E-state index contributed by atoms with van der Waals surface area (Å²) in [6.07, 6.45) is 2.22. The van der Waals surface area contributed by atoms with E-state index in [0.29, 0.717) is 5.56 Å². The van der Waals surface area contributed by atoms with Gasteiger partial charge in [-0.2, -0.15) is 0 Å². The summed E-state index contributed by atoms with van der Waals surface area (Å²) in [6.45, 7) is 3.07. The Kier molecular flexibility index (Phi) is 6.60. The summed E-state index contributed by atoms with van der Waals surface area (Å²) in [6, 6.07) is 9.68. The Bertz CT molecular complexity index is 1470. The number of furan rings is 1. The van der Waals surface area contributed by atoms with Crippen LogP contribution in [0.4, 0.5) is 0 Å². The second-order valence-corrected chi connectivity index (χ2v) is 13.1. The zero-order valence-corrected chi connectivity index (χ0v) is 20.4. The lowest BCUT2D eigenvalue weighted by Crippen LogP contribution is -2.25. The van der Waals surface area contributed by atoms with Gasteiger partial charge in [-0.25, -0.2) is 30.0 Å². The van der Waals surface area contributed by atoms with Crippen molar-refractivity contribution < 1.29 is 29.7 Å². The van der Waals surface area contributed by atoms with Gasteiger partial charge in [0.05, 0.1) is 27.2 Å². The van der Waals surface area contributed by atoms with Crippen LogP contribution in [-0.4, -0.2) is 31.5 Å². The summed E-state index contributed by atoms with van der Waals surface area (Å²) in [5, 5.41) is 0.0553. The highest BCUT2D eigenvalue weighted by Gasteiger charge is 2.31. The van der Waals surface area contributed by atoms with Crippen LogP contribution in [0.5, 0.6) is 0 Å². The first-order valence-electron chi connectivity index (χ1n) is 9.14. The number of rotatable bonds is 7. The molecule has 0 unspecified atom stereocenters. The van der Waals surface area contributed by atoms with Crippen molar-refractivity contribution >= 4 is 41.3 Å². The van der Waals surface area contributed by atoms with Crippen molar-refractivity contribution in [2.24, 2.45) is 0 Å². The van der Waals surface area contributed by atoms with Gasteiger partial charge in [-0.15, -0.1) is 0 Å². The average molecular weight is 518 g/mol. The highest BCUT2D eigenvalue weighted by molar-refractivity contribution is 7.94. The summed E-state index contributed by atoms with van der Waals surface area (Å²) >= 11 is 5.99. The maximum atomic E-state index is 13.3. The quantitative estimate of drug-likeness (QED) is 0.507. The summed E-state index contributed by atoms with van der Waals surface area (Å²) in [7, 11) is -12.0. The minimum absolute atomic E-state index is 0.0553. The number of sulfone groups is 2. The Labute approximate surface area is 192 Å². The molecule has 1 heterocycles. The molecule has 0 bridgehead atoms. The van der Waals surface area contributed by atoms with E-state index in [1.165, 1.54) is 49.6 Å². The third kappa shape index (κ3) is 4.91. The van der Waals surface area contributed by atoms with E-state index in [4.69, 9.17) is 16.0 Å². The molecule has 0 spiro atoms. The molecule has 1 aromatic heterocycles. The number of halogens is 1. The zero-order valence-electron chi connectivity index (χ0n) is 17.2. The van der Waals surface area contributed by atoms with Gasteiger partial charge in [0.25, 0.3) is 0 Å². The van der Waals surface area contributed by atoms with Crippen molar-refractivity contribution in [1.29, 1.82) is 0 Å². The minimum atomic E-state index is -4.26. The van der Waals surface area contributed by atoms with E-state index in [1.54, 1.807) is 6.92 Å². The van der Waals surface area contributed by atoms with Crippen LogP contribution in [0, 0.1) is 6.92 Å². The fourth-order valence-corrected chi connectivity index (χ4v) is 7.64. The van der Waals surface area contributed by atoms with Crippen molar-refractivity contribution in [3.05, 3.63) is 71.1 Å². The minimum Gasteiger partial charge on any atom is -0.468 e. The highest BCUT2D eigenvalue weighted by atomic mass is 35.5. The van der Waals surface area contributed by atoms with Crippen LogP contribution in [0.1, 0.15) is 24.3 Å². The van der Waals surface area contributed by atoms with Crippen LogP contribution in [-0.2, 0) is 29.7 Å². The highest BCUT2D eigenvalue weighted by Crippen LogP contribution is 2.34. The predicted octanol–water partition coefficient (Wildman–Crippen LogP) is 3.52. The van der Waals surface area contributed by atoms with Gasteiger partial charge in [-0.3, -0.25) is 0 Å². The molecule has 0 aliphatic rings. The molecule has 0 radical (unpaired) electrons. The number of nitrogens with one attached hydrogen (secondary N) is 1. The molecule has 12 heteroatoms. The lowest BCUT2D eigenvalue weighted by molar-refractivity contribution is 0.522. The molecule has 0 aliphatic heterocycles. The van der Waals surface area contributed by atoms with Gasteiger partial charge in [-0.1, -0.05) is 23.7 Å². The average Bonchev–Trinajstić information content (AvgIpc) is 3.13. The van der Waals surface area contributed by atoms with Crippen molar-refractivity contribution in [1.82, 2.24) is 4.72 Å². The molecule has 0 saturated carbocycles. The molecular formula is C20H20ClNO7S3. The molecule has 3 aromatic rings. The summed E-state index contributed by atoms with van der Waals surface area (Å²) < 4.78 is 83.4. The Morgan fingerprint density at radius 2 is 1.47 bits per heavy atom. The lowest BCUT2D eigenvalue weighted by Gasteiger charge is -2.14. The van der Waals surface area contributed by atoms with E-state index in [-0.39, 0.29) is 20.6 Å². The molecule has 1 atom stereocenters. The largest absolute Gasteiger partial charge is 0.468 e. The van der Waals surface area contributed by atoms with Gasteiger partial charge >= 0.3 is 0 Å². The summed E-state index contributed by atoms with van der Waals surface area (Å²) in [5.41, 5.74) is 0.535. The first kappa shape index (κ1) is 24.5. The zero-order chi connectivity index (χ0) is 23.9. The predicted molar refractivity (Wildman–Crippen MR) is 119 cm³/mol. The van der Waals surface area contributed by atoms with Crippen molar-refractivity contribution in [3.63, 3.8) is 0 Å². The second-order valence-electron chi connectivity index (χ2n) is 7.12. The molecule has 0 amide bonds. The molecule has 8 nitrogen and oxygen atoms in total. The third-order valence-corrected chi connectivity index (χ3v) is 9.56. The number of hydrogen-bond acceptors (Lipinski definition) is 7. The first-order valence-corrected chi connectivity index (χ1v) is 14.4. The Hall–Kier alpha value is -2.18. The number of sulfonamides is 1. The number of aryl methyl sites for hydroxylation is 1. The van der Waals surface area contributed by atoms with Gasteiger partial charge in [0.15, 0.2) is 0 Å². The van der Waals surface area contributed by atoms with E-state index < -0.39 is 45.5 Å². The van der Waals surface area contributed by atoms with Crippen LogP contribution in [0.3, 0.4) is 0 Å². The maximum absolute atomic E-state index is 13.3.